The number of aliphatic hydroxyl groups is 1. The predicted molar refractivity (Wildman–Crippen MR) is 152 cm³/mol. The van der Waals surface area contributed by atoms with Crippen LogP contribution in [0.4, 0.5) is 22.1 Å². The van der Waals surface area contributed by atoms with E-state index in [1.165, 1.54) is 22.7 Å². The highest BCUT2D eigenvalue weighted by Gasteiger charge is 2.32. The molecule has 1 saturated carbocycles. The number of hydrogen-bond donors (Lipinski definition) is 3. The quantitative estimate of drug-likeness (QED) is 0.416. The molecular formula is C28H39N7O5. The summed E-state index contributed by atoms with van der Waals surface area (Å²) in [6, 6.07) is 4.71. The van der Waals surface area contributed by atoms with Gasteiger partial charge in [-0.15, -0.1) is 0 Å². The Balaban J connectivity index is 1.76. The van der Waals surface area contributed by atoms with Crippen LogP contribution < -0.4 is 21.1 Å². The summed E-state index contributed by atoms with van der Waals surface area (Å²) in [5, 5.41) is 20.9. The van der Waals surface area contributed by atoms with Gasteiger partial charge in [-0.2, -0.15) is 9.61 Å². The van der Waals surface area contributed by atoms with Crippen molar-refractivity contribution in [1.29, 1.82) is 0 Å². The van der Waals surface area contributed by atoms with Crippen molar-refractivity contribution in [2.24, 2.45) is 0 Å². The Morgan fingerprint density at radius 1 is 1.30 bits per heavy atom. The zero-order valence-electron chi connectivity index (χ0n) is 24.2. The molecule has 12 heteroatoms. The average molecular weight is 554 g/mol. The Kier molecular flexibility index (Phi) is 7.93. The van der Waals surface area contributed by atoms with Gasteiger partial charge in [0.05, 0.1) is 11.8 Å². The lowest BCUT2D eigenvalue weighted by Crippen LogP contribution is -2.44. The van der Waals surface area contributed by atoms with Gasteiger partial charge in [-0.05, 0) is 79.4 Å². The molecule has 40 heavy (non-hydrogen) atoms. The minimum absolute atomic E-state index is 0.0516. The molecule has 3 aromatic rings. The highest BCUT2D eigenvalue weighted by atomic mass is 16.6. The zero-order chi connectivity index (χ0) is 29.4. The number of fused-ring (bicyclic) bond motifs is 1. The summed E-state index contributed by atoms with van der Waals surface area (Å²) in [7, 11) is 1.53. The standard InChI is InChI=1S/C28H39N7O5/c1-17(2)34-13-9-11-20(25(34)37)31-21-14-22(33(7)26(38)40-27(3,4)5)35-23(32-21)19(16-29-35)24(36)30-18-10-8-12-28(6,39)15-18/h9,11,13-14,16-18,39H,8,10,12,15H2,1-7H3,(H,30,36)(H,31,32)/t18?,28-/m1/s1. The maximum Gasteiger partial charge on any atom is 0.415 e. The summed E-state index contributed by atoms with van der Waals surface area (Å²) in [6.45, 7) is 10.9. The first-order valence-corrected chi connectivity index (χ1v) is 13.5. The Bertz CT molecular complexity index is 1470. The number of pyridine rings is 1. The van der Waals surface area contributed by atoms with Crippen molar-refractivity contribution in [3.8, 4) is 0 Å². The van der Waals surface area contributed by atoms with E-state index in [2.05, 4.69) is 20.7 Å². The van der Waals surface area contributed by atoms with Crippen LogP contribution >= 0.6 is 0 Å². The number of amides is 2. The molecule has 216 valence electrons. The number of hydrogen-bond acceptors (Lipinski definition) is 8. The normalized spacial score (nSPS) is 19.5. The van der Waals surface area contributed by atoms with E-state index in [0.29, 0.717) is 12.8 Å². The van der Waals surface area contributed by atoms with E-state index in [9.17, 15) is 19.5 Å². The monoisotopic (exact) mass is 553 g/mol. The lowest BCUT2D eigenvalue weighted by Gasteiger charge is -2.34. The molecule has 0 radical (unpaired) electrons. The topological polar surface area (TPSA) is 143 Å². The van der Waals surface area contributed by atoms with Crippen molar-refractivity contribution < 1.29 is 19.4 Å². The number of rotatable bonds is 6. The maximum atomic E-state index is 13.4. The van der Waals surface area contributed by atoms with Gasteiger partial charge in [0.1, 0.15) is 28.5 Å². The second kappa shape index (κ2) is 10.9. The second-order valence-corrected chi connectivity index (χ2v) is 11.9. The summed E-state index contributed by atoms with van der Waals surface area (Å²) >= 11 is 0. The molecule has 1 aliphatic rings. The van der Waals surface area contributed by atoms with E-state index in [1.54, 1.807) is 56.7 Å². The molecule has 0 spiro atoms. The number of nitrogens with one attached hydrogen (secondary N) is 2. The van der Waals surface area contributed by atoms with E-state index in [4.69, 9.17) is 4.74 Å². The van der Waals surface area contributed by atoms with Gasteiger partial charge >= 0.3 is 6.09 Å². The smallest absolute Gasteiger partial charge is 0.415 e. The fourth-order valence-electron chi connectivity index (χ4n) is 4.83. The zero-order valence-corrected chi connectivity index (χ0v) is 24.2. The van der Waals surface area contributed by atoms with Gasteiger partial charge in [0, 0.05) is 31.4 Å². The Morgan fingerprint density at radius 3 is 2.67 bits per heavy atom. The average Bonchev–Trinajstić information content (AvgIpc) is 3.26. The molecule has 4 rings (SSSR count). The van der Waals surface area contributed by atoms with Crippen molar-refractivity contribution in [2.75, 3.05) is 17.3 Å². The van der Waals surface area contributed by atoms with Gasteiger partial charge < -0.3 is 25.0 Å². The van der Waals surface area contributed by atoms with E-state index in [-0.39, 0.29) is 46.2 Å². The highest BCUT2D eigenvalue weighted by Crippen LogP contribution is 2.29. The molecule has 1 unspecified atom stereocenters. The van der Waals surface area contributed by atoms with Crippen molar-refractivity contribution in [3.63, 3.8) is 0 Å². The summed E-state index contributed by atoms with van der Waals surface area (Å²) in [4.78, 5) is 45.3. The van der Waals surface area contributed by atoms with Crippen LogP contribution in [0.25, 0.3) is 5.65 Å². The summed E-state index contributed by atoms with van der Waals surface area (Å²) < 4.78 is 8.52. The third kappa shape index (κ3) is 6.44. The molecule has 2 atom stereocenters. The van der Waals surface area contributed by atoms with Gasteiger partial charge in [0.25, 0.3) is 11.5 Å². The van der Waals surface area contributed by atoms with E-state index in [0.717, 1.165) is 12.8 Å². The van der Waals surface area contributed by atoms with E-state index >= 15 is 0 Å². The first-order chi connectivity index (χ1) is 18.6. The fourth-order valence-corrected chi connectivity index (χ4v) is 4.83. The number of nitrogens with zero attached hydrogens (tertiary/aromatic N) is 5. The number of carbonyl (C=O) groups is 2. The third-order valence-electron chi connectivity index (χ3n) is 6.79. The van der Waals surface area contributed by atoms with Crippen LogP contribution in [0.5, 0.6) is 0 Å². The van der Waals surface area contributed by atoms with E-state index < -0.39 is 23.2 Å². The number of anilines is 3. The number of carbonyl (C=O) groups excluding carboxylic acids is 2. The molecule has 1 aliphatic carbocycles. The Hall–Kier alpha value is -3.93. The Morgan fingerprint density at radius 2 is 2.02 bits per heavy atom. The van der Waals surface area contributed by atoms with Gasteiger partial charge in [-0.1, -0.05) is 0 Å². The first kappa shape index (κ1) is 29.1. The molecule has 3 heterocycles. The van der Waals surface area contributed by atoms with Crippen LogP contribution in [0, 0.1) is 0 Å². The molecular weight excluding hydrogens is 514 g/mol. The van der Waals surface area contributed by atoms with Gasteiger partial charge in [0.2, 0.25) is 0 Å². The summed E-state index contributed by atoms with van der Waals surface area (Å²) in [6.07, 6.45) is 5.16. The molecule has 2 amide bonds. The first-order valence-electron chi connectivity index (χ1n) is 13.5. The SMILES string of the molecule is CC(C)n1cccc(Nc2cc(N(C)C(=O)OC(C)(C)C)n3ncc(C(=O)NC4CCC[C@@](C)(O)C4)c3n2)c1=O. The molecule has 0 bridgehead atoms. The highest BCUT2D eigenvalue weighted by molar-refractivity contribution is 6.00. The number of ether oxygens (including phenoxy) is 1. The molecule has 3 N–H and O–H groups in total. The van der Waals surface area contributed by atoms with Crippen molar-refractivity contribution >= 4 is 35.0 Å². The molecule has 0 saturated heterocycles. The molecule has 12 nitrogen and oxygen atoms in total. The van der Waals surface area contributed by atoms with Crippen molar-refractivity contribution in [3.05, 3.63) is 46.5 Å². The van der Waals surface area contributed by atoms with E-state index in [1.807, 2.05) is 13.8 Å². The van der Waals surface area contributed by atoms with Gasteiger partial charge in [0.15, 0.2) is 5.65 Å². The van der Waals surface area contributed by atoms with Crippen LogP contribution in [-0.4, -0.2) is 60.6 Å². The van der Waals surface area contributed by atoms with Crippen LogP contribution in [0.1, 0.15) is 83.6 Å². The van der Waals surface area contributed by atoms with Gasteiger partial charge in [-0.25, -0.2) is 9.78 Å². The largest absolute Gasteiger partial charge is 0.443 e. The number of aromatic nitrogens is 4. The molecule has 0 aliphatic heterocycles. The predicted octanol–water partition coefficient (Wildman–Crippen LogP) is 4.01. The lowest BCUT2D eigenvalue weighted by atomic mass is 9.83. The Labute approximate surface area is 233 Å². The minimum Gasteiger partial charge on any atom is -0.443 e. The van der Waals surface area contributed by atoms with Crippen LogP contribution in [0.2, 0.25) is 0 Å². The van der Waals surface area contributed by atoms with Crippen LogP contribution in [-0.2, 0) is 4.74 Å². The molecule has 3 aromatic heterocycles. The second-order valence-electron chi connectivity index (χ2n) is 11.9. The van der Waals surface area contributed by atoms with Crippen LogP contribution in [0.3, 0.4) is 0 Å². The van der Waals surface area contributed by atoms with Crippen molar-refractivity contribution in [2.45, 2.75) is 90.5 Å². The maximum absolute atomic E-state index is 13.4. The lowest BCUT2D eigenvalue weighted by molar-refractivity contribution is 0.0106. The summed E-state index contributed by atoms with van der Waals surface area (Å²) in [5.74, 6) is 0.128. The summed E-state index contributed by atoms with van der Waals surface area (Å²) in [5.41, 5.74) is -1.14. The third-order valence-corrected chi connectivity index (χ3v) is 6.79. The van der Waals surface area contributed by atoms with Crippen molar-refractivity contribution in [1.82, 2.24) is 24.5 Å². The fraction of sp³-hybridized carbons (Fsp3) is 0.536. The molecule has 1 fully saturated rings. The minimum atomic E-state index is -0.839. The van der Waals surface area contributed by atoms with Gasteiger partial charge in [-0.3, -0.25) is 14.5 Å². The van der Waals surface area contributed by atoms with Crippen LogP contribution in [0.15, 0.2) is 35.4 Å². The molecule has 0 aromatic carbocycles.